The van der Waals surface area contributed by atoms with Crippen LogP contribution < -0.4 is 10.1 Å². The zero-order chi connectivity index (χ0) is 19.1. The summed E-state index contributed by atoms with van der Waals surface area (Å²) in [6, 6.07) is 13.7. The van der Waals surface area contributed by atoms with Gasteiger partial charge < -0.3 is 19.9 Å². The first kappa shape index (κ1) is 17.1. The van der Waals surface area contributed by atoms with Crippen LogP contribution in [-0.2, 0) is 0 Å². The molecular weight excluding hydrogens is 374 g/mol. The number of fused-ring (bicyclic) bond motifs is 1. The Kier molecular flexibility index (Phi) is 4.20. The molecule has 0 bridgehead atoms. The van der Waals surface area contributed by atoms with Gasteiger partial charge in [0.25, 0.3) is 0 Å². The van der Waals surface area contributed by atoms with Crippen molar-refractivity contribution >= 4 is 34.5 Å². The highest BCUT2D eigenvalue weighted by Crippen LogP contribution is 2.33. The fraction of sp³-hybridized carbons (Fsp3) is 0.238. The molecule has 0 radical (unpaired) electrons. The molecule has 6 nitrogen and oxygen atoms in total. The molecule has 2 aliphatic rings. The first-order valence-corrected chi connectivity index (χ1v) is 9.64. The van der Waals surface area contributed by atoms with E-state index < -0.39 is 0 Å². The monoisotopic (exact) mass is 393 g/mol. The molecule has 5 rings (SSSR count). The molecule has 0 atom stereocenters. The van der Waals surface area contributed by atoms with E-state index in [1.165, 1.54) is 0 Å². The maximum absolute atomic E-state index is 6.08. The van der Waals surface area contributed by atoms with E-state index in [1.807, 2.05) is 42.6 Å². The molecule has 2 aromatic carbocycles. The number of benzene rings is 2. The lowest BCUT2D eigenvalue weighted by Gasteiger charge is -2.42. The number of nitrogens with zero attached hydrogens (tertiary/aromatic N) is 3. The molecule has 3 heterocycles. The van der Waals surface area contributed by atoms with Crippen LogP contribution in [-0.4, -0.2) is 47.8 Å². The van der Waals surface area contributed by atoms with Crippen LogP contribution >= 0.6 is 11.6 Å². The summed E-state index contributed by atoms with van der Waals surface area (Å²) in [6.07, 6.45) is 1.90. The van der Waals surface area contributed by atoms with Gasteiger partial charge in [0.15, 0.2) is 0 Å². The molecule has 1 saturated heterocycles. The third-order valence-corrected chi connectivity index (χ3v) is 5.43. The van der Waals surface area contributed by atoms with Crippen molar-refractivity contribution in [3.05, 3.63) is 64.7 Å². The van der Waals surface area contributed by atoms with Gasteiger partial charge in [0.05, 0.1) is 30.6 Å². The number of aliphatic imine (C=N–C) groups is 1. The highest BCUT2D eigenvalue weighted by atomic mass is 35.5. The number of ether oxygens (including phenoxy) is 1. The maximum Gasteiger partial charge on any atom is 0.129 e. The van der Waals surface area contributed by atoms with Crippen molar-refractivity contribution in [1.29, 1.82) is 0 Å². The van der Waals surface area contributed by atoms with Gasteiger partial charge in [-0.2, -0.15) is 0 Å². The van der Waals surface area contributed by atoms with Crippen LogP contribution in [0.3, 0.4) is 0 Å². The smallest absolute Gasteiger partial charge is 0.129 e. The minimum Gasteiger partial charge on any atom is -0.497 e. The number of hydrogen-bond donors (Lipinski definition) is 2. The summed E-state index contributed by atoms with van der Waals surface area (Å²) in [5, 5.41) is 4.20. The molecule has 142 valence electrons. The van der Waals surface area contributed by atoms with Crippen LogP contribution in [0.5, 0.6) is 5.75 Å². The average molecular weight is 394 g/mol. The predicted octanol–water partition coefficient (Wildman–Crippen LogP) is 3.62. The summed E-state index contributed by atoms with van der Waals surface area (Å²) in [6.45, 7) is 2.50. The third-order valence-electron chi connectivity index (χ3n) is 5.20. The number of hydrogen-bond acceptors (Lipinski definition) is 5. The molecule has 0 amide bonds. The summed E-state index contributed by atoms with van der Waals surface area (Å²) in [5.74, 6) is 3.26. The van der Waals surface area contributed by atoms with E-state index in [0.29, 0.717) is 5.92 Å². The van der Waals surface area contributed by atoms with E-state index in [-0.39, 0.29) is 0 Å². The lowest BCUT2D eigenvalue weighted by molar-refractivity contribution is 0.182. The number of H-pyrrole nitrogens is 1. The second-order valence-electron chi connectivity index (χ2n) is 7.01. The number of methoxy groups -OCH3 is 1. The average Bonchev–Trinajstić information content (AvgIpc) is 3.10. The lowest BCUT2D eigenvalue weighted by Crippen LogP contribution is -2.49. The maximum atomic E-state index is 6.08. The molecule has 0 saturated carbocycles. The van der Waals surface area contributed by atoms with E-state index in [0.717, 1.165) is 64.3 Å². The van der Waals surface area contributed by atoms with Gasteiger partial charge in [-0.3, -0.25) is 4.99 Å². The SMILES string of the molecule is COc1cccc(C2=C(N3CC(c4nc5ccc(Cl)cc5[nH]4)C3)NCC=N2)c1. The lowest BCUT2D eigenvalue weighted by atomic mass is 9.98. The Morgan fingerprint density at radius 3 is 2.93 bits per heavy atom. The Hall–Kier alpha value is -2.99. The van der Waals surface area contributed by atoms with Crippen molar-refractivity contribution in [1.82, 2.24) is 20.2 Å². The van der Waals surface area contributed by atoms with E-state index in [1.54, 1.807) is 7.11 Å². The molecule has 2 aliphatic heterocycles. The number of aromatic nitrogens is 2. The quantitative estimate of drug-likeness (QED) is 0.710. The summed E-state index contributed by atoms with van der Waals surface area (Å²) >= 11 is 6.08. The fourth-order valence-corrected chi connectivity index (χ4v) is 3.87. The van der Waals surface area contributed by atoms with Gasteiger partial charge in [-0.1, -0.05) is 23.7 Å². The zero-order valence-corrected chi connectivity index (χ0v) is 16.2. The number of nitrogens with one attached hydrogen (secondary N) is 2. The Bertz CT molecular complexity index is 1100. The fourth-order valence-electron chi connectivity index (χ4n) is 3.70. The Balaban J connectivity index is 1.39. The van der Waals surface area contributed by atoms with Crippen molar-refractivity contribution in [3.8, 4) is 5.75 Å². The van der Waals surface area contributed by atoms with E-state index in [2.05, 4.69) is 26.3 Å². The highest BCUT2D eigenvalue weighted by molar-refractivity contribution is 6.31. The number of aromatic amines is 1. The largest absolute Gasteiger partial charge is 0.497 e. The first-order valence-electron chi connectivity index (χ1n) is 9.26. The minimum atomic E-state index is 0.359. The highest BCUT2D eigenvalue weighted by Gasteiger charge is 2.34. The van der Waals surface area contributed by atoms with Crippen molar-refractivity contribution < 1.29 is 4.74 Å². The summed E-state index contributed by atoms with van der Waals surface area (Å²) in [5.41, 5.74) is 3.92. The minimum absolute atomic E-state index is 0.359. The normalized spacial score (nSPS) is 17.0. The molecule has 7 heteroatoms. The molecule has 3 aromatic rings. The Morgan fingerprint density at radius 2 is 2.07 bits per heavy atom. The van der Waals surface area contributed by atoms with E-state index in [4.69, 9.17) is 21.3 Å². The number of imidazole rings is 1. The zero-order valence-electron chi connectivity index (χ0n) is 15.4. The van der Waals surface area contributed by atoms with Crippen molar-refractivity contribution in [2.24, 2.45) is 4.99 Å². The molecule has 0 spiro atoms. The van der Waals surface area contributed by atoms with Gasteiger partial charge in [0, 0.05) is 29.9 Å². The summed E-state index contributed by atoms with van der Waals surface area (Å²) < 4.78 is 5.36. The second kappa shape index (κ2) is 6.87. The number of halogens is 1. The molecule has 1 aromatic heterocycles. The molecule has 0 aliphatic carbocycles. The van der Waals surface area contributed by atoms with Crippen LogP contribution in [0.25, 0.3) is 16.7 Å². The van der Waals surface area contributed by atoms with Gasteiger partial charge in [-0.05, 0) is 30.3 Å². The third kappa shape index (κ3) is 2.99. The molecule has 28 heavy (non-hydrogen) atoms. The van der Waals surface area contributed by atoms with Gasteiger partial charge in [0.2, 0.25) is 0 Å². The van der Waals surface area contributed by atoms with E-state index in [9.17, 15) is 0 Å². The van der Waals surface area contributed by atoms with Gasteiger partial charge in [-0.25, -0.2) is 4.98 Å². The predicted molar refractivity (Wildman–Crippen MR) is 112 cm³/mol. The summed E-state index contributed by atoms with van der Waals surface area (Å²) in [7, 11) is 1.68. The molecule has 1 fully saturated rings. The molecule has 2 N–H and O–H groups in total. The van der Waals surface area contributed by atoms with E-state index >= 15 is 0 Å². The summed E-state index contributed by atoms with van der Waals surface area (Å²) in [4.78, 5) is 15.1. The van der Waals surface area contributed by atoms with Gasteiger partial charge in [-0.15, -0.1) is 0 Å². The van der Waals surface area contributed by atoms with Crippen LogP contribution in [0.1, 0.15) is 17.3 Å². The van der Waals surface area contributed by atoms with Crippen LogP contribution in [0.4, 0.5) is 0 Å². The van der Waals surface area contributed by atoms with Crippen molar-refractivity contribution in [2.45, 2.75) is 5.92 Å². The van der Waals surface area contributed by atoms with Crippen LogP contribution in [0.2, 0.25) is 5.02 Å². The van der Waals surface area contributed by atoms with Crippen molar-refractivity contribution in [3.63, 3.8) is 0 Å². The first-order chi connectivity index (χ1) is 13.7. The number of likely N-dealkylation sites (tertiary alicyclic amines) is 1. The van der Waals surface area contributed by atoms with Crippen molar-refractivity contribution in [2.75, 3.05) is 26.7 Å². The van der Waals surface area contributed by atoms with Crippen LogP contribution in [0.15, 0.2) is 53.3 Å². The van der Waals surface area contributed by atoms with Crippen LogP contribution in [0, 0.1) is 0 Å². The van der Waals surface area contributed by atoms with Gasteiger partial charge >= 0.3 is 0 Å². The second-order valence-corrected chi connectivity index (χ2v) is 7.44. The standard InChI is InChI=1S/C21H20ClN5O/c1-28-16-4-2-3-13(9-16)19-21(24-8-7-23-19)27-11-14(12-27)20-25-17-6-5-15(22)10-18(17)26-20/h2-7,9-10,14,24H,8,11-12H2,1H3,(H,25,26). The Morgan fingerprint density at radius 1 is 1.18 bits per heavy atom. The topological polar surface area (TPSA) is 65.5 Å². The molecule has 0 unspecified atom stereocenters. The van der Waals surface area contributed by atoms with Gasteiger partial charge in [0.1, 0.15) is 23.1 Å². The number of rotatable bonds is 4. The Labute approximate surface area is 167 Å². The molecular formula is C21H20ClN5O.